The van der Waals surface area contributed by atoms with Crippen LogP contribution in [-0.4, -0.2) is 18.2 Å². The first-order chi connectivity index (χ1) is 11.2. The molecule has 1 heterocycles. The Morgan fingerprint density at radius 3 is 2.50 bits per heavy atom. The fourth-order valence-electron chi connectivity index (χ4n) is 2.35. The Balaban J connectivity index is 0.00000288. The molecule has 7 heteroatoms. The number of rotatable bonds is 6. The molecule has 132 valence electrons. The fourth-order valence-corrected chi connectivity index (χ4v) is 2.55. The zero-order valence-corrected chi connectivity index (χ0v) is 17.3. The summed E-state index contributed by atoms with van der Waals surface area (Å²) >= 11 is 6.17. The Kier molecular flexibility index (Phi) is 9.13. The van der Waals surface area contributed by atoms with E-state index in [0.29, 0.717) is 13.1 Å². The van der Waals surface area contributed by atoms with E-state index in [1.165, 1.54) is 0 Å². The summed E-state index contributed by atoms with van der Waals surface area (Å²) in [5.74, 6) is 1.64. The molecular formula is C17H24ClIN4O. The molecule has 0 aliphatic heterocycles. The van der Waals surface area contributed by atoms with Gasteiger partial charge >= 0.3 is 0 Å². The van der Waals surface area contributed by atoms with Crippen LogP contribution in [0.25, 0.3) is 0 Å². The third-order valence-corrected chi connectivity index (χ3v) is 4.04. The minimum Gasteiger partial charge on any atom is -0.361 e. The Bertz CT molecular complexity index is 651. The lowest BCUT2D eigenvalue weighted by molar-refractivity contribution is 0.380. The van der Waals surface area contributed by atoms with E-state index in [1.807, 2.05) is 24.3 Å². The number of hydrogen-bond donors (Lipinski definition) is 2. The van der Waals surface area contributed by atoms with Crippen molar-refractivity contribution >= 4 is 41.5 Å². The lowest BCUT2D eigenvalue weighted by atomic mass is 10.1. The molecule has 0 unspecified atom stereocenters. The third-order valence-electron chi connectivity index (χ3n) is 3.67. The molecular weight excluding hydrogens is 439 g/mol. The highest BCUT2D eigenvalue weighted by atomic mass is 127. The van der Waals surface area contributed by atoms with Gasteiger partial charge in [-0.3, -0.25) is 4.99 Å². The van der Waals surface area contributed by atoms with Gasteiger partial charge in [-0.1, -0.05) is 48.8 Å². The van der Waals surface area contributed by atoms with Crippen molar-refractivity contribution in [3.63, 3.8) is 0 Å². The number of guanidine groups is 1. The summed E-state index contributed by atoms with van der Waals surface area (Å²) in [6.07, 6.45) is 1.68. The van der Waals surface area contributed by atoms with Gasteiger partial charge in [-0.2, -0.15) is 0 Å². The topological polar surface area (TPSA) is 62.5 Å². The number of halogens is 2. The molecule has 24 heavy (non-hydrogen) atoms. The number of aryl methyl sites for hydroxylation is 2. The molecule has 0 radical (unpaired) electrons. The van der Waals surface area contributed by atoms with Crippen LogP contribution in [0.15, 0.2) is 33.8 Å². The van der Waals surface area contributed by atoms with Crippen LogP contribution in [0.3, 0.4) is 0 Å². The van der Waals surface area contributed by atoms with E-state index in [0.717, 1.165) is 46.4 Å². The molecule has 2 N–H and O–H groups in total. The number of hydrogen-bond acceptors (Lipinski definition) is 3. The fraction of sp³-hybridized carbons (Fsp3) is 0.412. The monoisotopic (exact) mass is 462 g/mol. The smallest absolute Gasteiger partial charge is 0.191 e. The highest BCUT2D eigenvalue weighted by Gasteiger charge is 2.13. The van der Waals surface area contributed by atoms with E-state index in [-0.39, 0.29) is 24.0 Å². The van der Waals surface area contributed by atoms with Gasteiger partial charge in [0.05, 0.1) is 5.69 Å². The maximum atomic E-state index is 6.17. The second kappa shape index (κ2) is 10.6. The van der Waals surface area contributed by atoms with E-state index in [2.05, 4.69) is 34.6 Å². The average Bonchev–Trinajstić information content (AvgIpc) is 2.98. The molecule has 2 rings (SSSR count). The van der Waals surface area contributed by atoms with E-state index in [9.17, 15) is 0 Å². The van der Waals surface area contributed by atoms with Crippen molar-refractivity contribution in [3.8, 4) is 0 Å². The summed E-state index contributed by atoms with van der Waals surface area (Å²) in [6, 6.07) is 7.76. The quantitative estimate of drug-likeness (QED) is 0.388. The highest BCUT2D eigenvalue weighted by molar-refractivity contribution is 14.0. The van der Waals surface area contributed by atoms with Gasteiger partial charge in [-0.25, -0.2) is 0 Å². The van der Waals surface area contributed by atoms with E-state index >= 15 is 0 Å². The maximum Gasteiger partial charge on any atom is 0.191 e. The van der Waals surface area contributed by atoms with E-state index in [4.69, 9.17) is 16.1 Å². The molecule has 0 fully saturated rings. The molecule has 0 aliphatic rings. The Labute approximate surface area is 165 Å². The number of aromatic nitrogens is 1. The Hall–Kier alpha value is -1.28. The van der Waals surface area contributed by atoms with Gasteiger partial charge in [0.15, 0.2) is 5.96 Å². The molecule has 0 amide bonds. The first kappa shape index (κ1) is 20.8. The van der Waals surface area contributed by atoms with Crippen LogP contribution in [-0.2, 0) is 25.9 Å². The second-order valence-electron chi connectivity index (χ2n) is 5.11. The standard InChI is InChI=1S/C17H23ClN4O.HI/c1-4-15-13(16(5-2)23-22-15)11-21-17(19-3)20-10-12-8-6-7-9-14(12)18;/h6-9H,4-5,10-11H2,1-3H3,(H2,19,20,21);1H. The molecule has 1 aromatic carbocycles. The highest BCUT2D eigenvalue weighted by Crippen LogP contribution is 2.16. The van der Waals surface area contributed by atoms with E-state index < -0.39 is 0 Å². The molecule has 0 saturated carbocycles. The SMILES string of the molecule is CCc1noc(CC)c1CNC(=NC)NCc1ccccc1Cl.I. The van der Waals surface area contributed by atoms with Crippen LogP contribution in [0, 0.1) is 0 Å². The van der Waals surface area contributed by atoms with Crippen molar-refractivity contribution < 1.29 is 4.52 Å². The van der Waals surface area contributed by atoms with Crippen LogP contribution in [0.1, 0.15) is 36.4 Å². The molecule has 2 aromatic rings. The first-order valence-corrected chi connectivity index (χ1v) is 8.21. The van der Waals surface area contributed by atoms with Crippen LogP contribution < -0.4 is 10.6 Å². The van der Waals surface area contributed by atoms with Crippen molar-refractivity contribution in [2.75, 3.05) is 7.05 Å². The average molecular weight is 463 g/mol. The summed E-state index contributed by atoms with van der Waals surface area (Å²) in [7, 11) is 1.75. The summed E-state index contributed by atoms with van der Waals surface area (Å²) in [5, 5.41) is 11.4. The van der Waals surface area contributed by atoms with Crippen molar-refractivity contribution in [3.05, 3.63) is 51.9 Å². The largest absolute Gasteiger partial charge is 0.361 e. The predicted molar refractivity (Wildman–Crippen MR) is 109 cm³/mol. The van der Waals surface area contributed by atoms with Gasteiger partial charge in [0, 0.05) is 37.1 Å². The number of benzene rings is 1. The minimum absolute atomic E-state index is 0. The zero-order chi connectivity index (χ0) is 16.7. The van der Waals surface area contributed by atoms with Gasteiger partial charge in [-0.05, 0) is 18.1 Å². The van der Waals surface area contributed by atoms with Gasteiger partial charge in [0.25, 0.3) is 0 Å². The number of nitrogens with zero attached hydrogens (tertiary/aromatic N) is 2. The van der Waals surface area contributed by atoms with Crippen LogP contribution in [0.5, 0.6) is 0 Å². The molecule has 5 nitrogen and oxygen atoms in total. The normalized spacial score (nSPS) is 11.1. The van der Waals surface area contributed by atoms with Gasteiger partial charge in [0.1, 0.15) is 5.76 Å². The van der Waals surface area contributed by atoms with Gasteiger partial charge in [0.2, 0.25) is 0 Å². The first-order valence-electron chi connectivity index (χ1n) is 7.83. The molecule has 1 aromatic heterocycles. The molecule has 0 spiro atoms. The molecule has 0 aliphatic carbocycles. The Morgan fingerprint density at radius 1 is 1.17 bits per heavy atom. The lowest BCUT2D eigenvalue weighted by Gasteiger charge is -2.13. The maximum absolute atomic E-state index is 6.17. The van der Waals surface area contributed by atoms with Crippen LogP contribution in [0.2, 0.25) is 5.02 Å². The van der Waals surface area contributed by atoms with Gasteiger partial charge < -0.3 is 15.2 Å². The van der Waals surface area contributed by atoms with Crippen LogP contribution in [0.4, 0.5) is 0 Å². The second-order valence-corrected chi connectivity index (χ2v) is 5.52. The summed E-state index contributed by atoms with van der Waals surface area (Å²) < 4.78 is 5.38. The van der Waals surface area contributed by atoms with Crippen molar-refractivity contribution in [2.45, 2.75) is 39.8 Å². The summed E-state index contributed by atoms with van der Waals surface area (Å²) in [6.45, 7) is 5.39. The van der Waals surface area contributed by atoms with Crippen LogP contribution >= 0.6 is 35.6 Å². The summed E-state index contributed by atoms with van der Waals surface area (Å²) in [5.41, 5.74) is 3.15. The lowest BCUT2D eigenvalue weighted by Crippen LogP contribution is -2.36. The number of aliphatic imine (C=N–C) groups is 1. The zero-order valence-electron chi connectivity index (χ0n) is 14.2. The van der Waals surface area contributed by atoms with Crippen molar-refractivity contribution in [1.29, 1.82) is 0 Å². The predicted octanol–water partition coefficient (Wildman–Crippen LogP) is 3.94. The van der Waals surface area contributed by atoms with Gasteiger partial charge in [-0.15, -0.1) is 24.0 Å². The number of nitrogens with one attached hydrogen (secondary N) is 2. The molecule has 0 atom stereocenters. The molecule has 0 saturated heterocycles. The molecule has 0 bridgehead atoms. The summed E-state index contributed by atoms with van der Waals surface area (Å²) in [4.78, 5) is 4.24. The van der Waals surface area contributed by atoms with Crippen molar-refractivity contribution in [2.24, 2.45) is 4.99 Å². The third kappa shape index (κ3) is 5.37. The van der Waals surface area contributed by atoms with E-state index in [1.54, 1.807) is 7.05 Å². The Morgan fingerprint density at radius 2 is 1.88 bits per heavy atom. The minimum atomic E-state index is 0. The van der Waals surface area contributed by atoms with Crippen molar-refractivity contribution in [1.82, 2.24) is 15.8 Å².